The van der Waals surface area contributed by atoms with Crippen LogP contribution >= 0.6 is 0 Å². The minimum absolute atomic E-state index is 0.0543. The highest BCUT2D eigenvalue weighted by molar-refractivity contribution is 7.89. The second kappa shape index (κ2) is 6.31. The topological polar surface area (TPSA) is 95.1 Å². The SMILES string of the molecule is CC(C)CCC(C)NS(=O)(=O)c1[nH]ncc1CO. The van der Waals surface area contributed by atoms with Gasteiger partial charge >= 0.3 is 0 Å². The third-order valence-corrected chi connectivity index (χ3v) is 4.25. The maximum absolute atomic E-state index is 12.0. The van der Waals surface area contributed by atoms with Crippen LogP contribution in [0.25, 0.3) is 0 Å². The first kappa shape index (κ1) is 15.1. The first-order valence-corrected chi connectivity index (χ1v) is 7.50. The van der Waals surface area contributed by atoms with Crippen LogP contribution in [0.15, 0.2) is 11.2 Å². The van der Waals surface area contributed by atoms with Crippen molar-refractivity contribution in [2.75, 3.05) is 0 Å². The van der Waals surface area contributed by atoms with Crippen molar-refractivity contribution < 1.29 is 13.5 Å². The van der Waals surface area contributed by atoms with Crippen molar-refractivity contribution in [3.05, 3.63) is 11.8 Å². The molecule has 18 heavy (non-hydrogen) atoms. The lowest BCUT2D eigenvalue weighted by Gasteiger charge is -2.15. The Labute approximate surface area is 108 Å². The van der Waals surface area contributed by atoms with Crippen molar-refractivity contribution in [1.29, 1.82) is 0 Å². The number of H-pyrrole nitrogens is 1. The van der Waals surface area contributed by atoms with E-state index in [1.807, 2.05) is 6.92 Å². The van der Waals surface area contributed by atoms with Gasteiger partial charge in [0.25, 0.3) is 10.0 Å². The third-order valence-electron chi connectivity index (χ3n) is 2.65. The molecule has 1 atom stereocenters. The van der Waals surface area contributed by atoms with Crippen LogP contribution in [0.4, 0.5) is 0 Å². The predicted octanol–water partition coefficient (Wildman–Crippen LogP) is 1.00. The molecule has 0 aliphatic heterocycles. The highest BCUT2D eigenvalue weighted by Gasteiger charge is 2.22. The lowest BCUT2D eigenvalue weighted by Crippen LogP contribution is -2.33. The molecule has 7 heteroatoms. The lowest BCUT2D eigenvalue weighted by atomic mass is 10.1. The van der Waals surface area contributed by atoms with E-state index in [4.69, 9.17) is 5.11 Å². The largest absolute Gasteiger partial charge is 0.392 e. The van der Waals surface area contributed by atoms with E-state index in [2.05, 4.69) is 28.8 Å². The van der Waals surface area contributed by atoms with Crippen LogP contribution < -0.4 is 4.72 Å². The van der Waals surface area contributed by atoms with Gasteiger partial charge < -0.3 is 5.11 Å². The lowest BCUT2D eigenvalue weighted by molar-refractivity contribution is 0.278. The van der Waals surface area contributed by atoms with E-state index in [1.165, 1.54) is 6.20 Å². The molecule has 0 radical (unpaired) electrons. The summed E-state index contributed by atoms with van der Waals surface area (Å²) in [5.74, 6) is 0.539. The quantitative estimate of drug-likeness (QED) is 0.692. The molecule has 104 valence electrons. The van der Waals surface area contributed by atoms with Crippen molar-refractivity contribution in [2.45, 2.75) is 51.3 Å². The first-order chi connectivity index (χ1) is 8.36. The number of hydrogen-bond acceptors (Lipinski definition) is 4. The van der Waals surface area contributed by atoms with Gasteiger partial charge in [-0.3, -0.25) is 5.10 Å². The fourth-order valence-corrected chi connectivity index (χ4v) is 3.01. The molecule has 1 unspecified atom stereocenters. The Bertz CT molecular complexity index is 468. The summed E-state index contributed by atoms with van der Waals surface area (Å²) in [7, 11) is -3.63. The van der Waals surface area contributed by atoms with Crippen molar-refractivity contribution >= 4 is 10.0 Å². The van der Waals surface area contributed by atoms with Crippen molar-refractivity contribution in [2.24, 2.45) is 5.92 Å². The molecule has 0 aromatic carbocycles. The van der Waals surface area contributed by atoms with Crippen LogP contribution in [0.3, 0.4) is 0 Å². The number of rotatable bonds is 7. The molecule has 3 N–H and O–H groups in total. The minimum Gasteiger partial charge on any atom is -0.392 e. The fraction of sp³-hybridized carbons (Fsp3) is 0.727. The van der Waals surface area contributed by atoms with Crippen LogP contribution in [-0.4, -0.2) is 29.8 Å². The summed E-state index contributed by atoms with van der Waals surface area (Å²) in [6.45, 7) is 5.67. The molecule has 1 aromatic heterocycles. The number of nitrogens with zero attached hydrogens (tertiary/aromatic N) is 1. The Morgan fingerprint density at radius 1 is 1.39 bits per heavy atom. The number of hydrogen-bond donors (Lipinski definition) is 3. The summed E-state index contributed by atoms with van der Waals surface area (Å²) in [6.07, 6.45) is 3.05. The summed E-state index contributed by atoms with van der Waals surface area (Å²) in [6, 6.07) is -0.146. The average molecular weight is 275 g/mol. The summed E-state index contributed by atoms with van der Waals surface area (Å²) in [5, 5.41) is 15.0. The number of aromatic amines is 1. The van der Waals surface area contributed by atoms with Crippen molar-refractivity contribution in [1.82, 2.24) is 14.9 Å². The molecule has 0 amide bonds. The van der Waals surface area contributed by atoms with Crippen LogP contribution in [0.2, 0.25) is 0 Å². The Morgan fingerprint density at radius 3 is 2.61 bits per heavy atom. The maximum atomic E-state index is 12.0. The molecule has 1 heterocycles. The van der Waals surface area contributed by atoms with Gasteiger partial charge in [0.05, 0.1) is 12.8 Å². The first-order valence-electron chi connectivity index (χ1n) is 6.02. The number of aliphatic hydroxyl groups excluding tert-OH is 1. The van der Waals surface area contributed by atoms with Gasteiger partial charge in [-0.2, -0.15) is 5.10 Å². The zero-order chi connectivity index (χ0) is 13.8. The van der Waals surface area contributed by atoms with Gasteiger partial charge in [0, 0.05) is 11.6 Å². The molecule has 1 rings (SSSR count). The van der Waals surface area contributed by atoms with E-state index in [1.54, 1.807) is 0 Å². The predicted molar refractivity (Wildman–Crippen MR) is 68.4 cm³/mol. The summed E-state index contributed by atoms with van der Waals surface area (Å²) < 4.78 is 26.6. The number of aromatic nitrogens is 2. The standard InChI is InChI=1S/C11H21N3O3S/c1-8(2)4-5-9(3)14-18(16,17)11-10(7-15)6-12-13-11/h6,8-9,14-15H,4-5,7H2,1-3H3,(H,12,13). The molecule has 0 aliphatic carbocycles. The second-order valence-corrected chi connectivity index (χ2v) is 6.53. The van der Waals surface area contributed by atoms with E-state index in [9.17, 15) is 8.42 Å². The van der Waals surface area contributed by atoms with Crippen LogP contribution in [-0.2, 0) is 16.6 Å². The molecule has 0 fully saturated rings. The Balaban J connectivity index is 2.70. The van der Waals surface area contributed by atoms with Gasteiger partial charge in [0.2, 0.25) is 0 Å². The third kappa shape index (κ3) is 4.08. The van der Waals surface area contributed by atoms with Gasteiger partial charge in [-0.05, 0) is 25.7 Å². The molecule has 0 saturated heterocycles. The normalized spacial score (nSPS) is 14.1. The van der Waals surface area contributed by atoms with E-state index in [0.717, 1.165) is 12.8 Å². The highest BCUT2D eigenvalue weighted by Crippen LogP contribution is 2.14. The van der Waals surface area contributed by atoms with E-state index in [-0.39, 0.29) is 23.2 Å². The van der Waals surface area contributed by atoms with Crippen LogP contribution in [0.1, 0.15) is 39.2 Å². The average Bonchev–Trinajstić information content (AvgIpc) is 2.74. The van der Waals surface area contributed by atoms with E-state index >= 15 is 0 Å². The van der Waals surface area contributed by atoms with E-state index < -0.39 is 10.0 Å². The Morgan fingerprint density at radius 2 is 2.06 bits per heavy atom. The molecule has 0 spiro atoms. The second-order valence-electron chi connectivity index (χ2n) is 4.88. The number of nitrogens with one attached hydrogen (secondary N) is 2. The van der Waals surface area contributed by atoms with E-state index in [0.29, 0.717) is 5.92 Å². The zero-order valence-corrected chi connectivity index (χ0v) is 11.8. The molecule has 0 saturated carbocycles. The van der Waals surface area contributed by atoms with Crippen molar-refractivity contribution in [3.8, 4) is 0 Å². The summed E-state index contributed by atoms with van der Waals surface area (Å²) in [4.78, 5) is 0. The molecule has 6 nitrogen and oxygen atoms in total. The Hall–Kier alpha value is -0.920. The zero-order valence-electron chi connectivity index (χ0n) is 11.0. The Kier molecular flexibility index (Phi) is 5.30. The van der Waals surface area contributed by atoms with Gasteiger partial charge in [-0.1, -0.05) is 13.8 Å². The summed E-state index contributed by atoms with van der Waals surface area (Å²) in [5.41, 5.74) is 0.276. The van der Waals surface area contributed by atoms with Crippen molar-refractivity contribution in [3.63, 3.8) is 0 Å². The monoisotopic (exact) mass is 275 g/mol. The maximum Gasteiger partial charge on any atom is 0.258 e. The van der Waals surface area contributed by atoms with Gasteiger partial charge in [0.15, 0.2) is 5.03 Å². The van der Waals surface area contributed by atoms with Gasteiger partial charge in [-0.25, -0.2) is 13.1 Å². The molecule has 1 aromatic rings. The number of sulfonamides is 1. The van der Waals surface area contributed by atoms with Crippen LogP contribution in [0.5, 0.6) is 0 Å². The molecular formula is C11H21N3O3S. The minimum atomic E-state index is -3.63. The molecule has 0 aliphatic rings. The number of aliphatic hydroxyl groups is 1. The van der Waals surface area contributed by atoms with Gasteiger partial charge in [0.1, 0.15) is 0 Å². The smallest absolute Gasteiger partial charge is 0.258 e. The van der Waals surface area contributed by atoms with Crippen LogP contribution in [0, 0.1) is 5.92 Å². The van der Waals surface area contributed by atoms with Gasteiger partial charge in [-0.15, -0.1) is 0 Å². The molecular weight excluding hydrogens is 254 g/mol. The summed E-state index contributed by atoms with van der Waals surface area (Å²) >= 11 is 0. The highest BCUT2D eigenvalue weighted by atomic mass is 32.2. The molecule has 0 bridgehead atoms. The fourth-order valence-electron chi connectivity index (χ4n) is 1.61.